The van der Waals surface area contributed by atoms with E-state index in [1.54, 1.807) is 10.8 Å². The fraction of sp³-hybridized carbons (Fsp3) is 0.364. The molecule has 1 saturated heterocycles. The third kappa shape index (κ3) is 4.45. The van der Waals surface area contributed by atoms with Crippen LogP contribution < -0.4 is 15.8 Å². The van der Waals surface area contributed by atoms with E-state index in [9.17, 15) is 9.59 Å². The number of rotatable bonds is 7. The number of carbonyl (C=O) groups is 1. The molecule has 0 spiro atoms. The van der Waals surface area contributed by atoms with Gasteiger partial charge >= 0.3 is 0 Å². The van der Waals surface area contributed by atoms with E-state index in [0.29, 0.717) is 25.3 Å². The number of nitrogens with one attached hydrogen (secondary N) is 1. The highest BCUT2D eigenvalue weighted by atomic mass is 16.2. The Bertz CT molecular complexity index is 1040. The minimum absolute atomic E-state index is 0.0727. The number of pyridine rings is 1. The number of para-hydroxylation sites is 2. The van der Waals surface area contributed by atoms with Crippen LogP contribution >= 0.6 is 0 Å². The first-order valence-corrected chi connectivity index (χ1v) is 10.1. The number of benzene rings is 1. The fourth-order valence-electron chi connectivity index (χ4n) is 3.71. The molecule has 1 fully saturated rings. The van der Waals surface area contributed by atoms with E-state index in [1.807, 2.05) is 42.5 Å². The minimum Gasteiger partial charge on any atom is -0.356 e. The number of aryl methyl sites for hydroxylation is 1. The highest BCUT2D eigenvalue weighted by Crippen LogP contribution is 2.18. The Balaban J connectivity index is 1.46. The maximum Gasteiger partial charge on any atom is 0.294 e. The van der Waals surface area contributed by atoms with Crippen molar-refractivity contribution in [3.8, 4) is 0 Å². The average molecular weight is 391 g/mol. The lowest BCUT2D eigenvalue weighted by Gasteiger charge is -2.19. The van der Waals surface area contributed by atoms with Crippen LogP contribution in [0.15, 0.2) is 53.5 Å². The molecule has 2 aromatic heterocycles. The van der Waals surface area contributed by atoms with E-state index < -0.39 is 0 Å². The number of fused-ring (bicyclic) bond motifs is 1. The highest BCUT2D eigenvalue weighted by Gasteiger charge is 2.20. The van der Waals surface area contributed by atoms with Crippen LogP contribution in [-0.2, 0) is 17.8 Å². The molecule has 1 aromatic carbocycles. The van der Waals surface area contributed by atoms with Gasteiger partial charge < -0.3 is 14.8 Å². The second-order valence-electron chi connectivity index (χ2n) is 7.25. The predicted octanol–water partition coefficient (Wildman–Crippen LogP) is 2.14. The average Bonchev–Trinajstić information content (AvgIpc) is 3.28. The largest absolute Gasteiger partial charge is 0.356 e. The van der Waals surface area contributed by atoms with Gasteiger partial charge in [-0.3, -0.25) is 14.6 Å². The fourth-order valence-corrected chi connectivity index (χ4v) is 3.71. The van der Waals surface area contributed by atoms with Crippen molar-refractivity contribution < 1.29 is 4.79 Å². The molecule has 0 saturated carbocycles. The summed E-state index contributed by atoms with van der Waals surface area (Å²) in [6, 6.07) is 13.4. The predicted molar refractivity (Wildman–Crippen MR) is 113 cm³/mol. The second kappa shape index (κ2) is 8.86. The lowest BCUT2D eigenvalue weighted by molar-refractivity contribution is -0.121. The number of anilines is 1. The number of carbonyl (C=O) groups excluding carboxylic acids is 1. The maximum absolute atomic E-state index is 13.1. The Hall–Kier alpha value is -3.22. The van der Waals surface area contributed by atoms with Gasteiger partial charge in [-0.1, -0.05) is 18.2 Å². The zero-order valence-corrected chi connectivity index (χ0v) is 16.4. The molecular weight excluding hydrogens is 366 g/mol. The molecule has 29 heavy (non-hydrogen) atoms. The van der Waals surface area contributed by atoms with Gasteiger partial charge in [0.05, 0.1) is 11.0 Å². The Morgan fingerprint density at radius 3 is 2.66 bits per heavy atom. The minimum atomic E-state index is -0.119. The van der Waals surface area contributed by atoms with Gasteiger partial charge in [0, 0.05) is 50.9 Å². The van der Waals surface area contributed by atoms with Crippen LogP contribution in [0.4, 0.5) is 5.82 Å². The van der Waals surface area contributed by atoms with Gasteiger partial charge in [-0.15, -0.1) is 0 Å². The lowest BCUT2D eigenvalue weighted by atomic mass is 10.2. The van der Waals surface area contributed by atoms with Crippen LogP contribution in [-0.4, -0.2) is 40.1 Å². The van der Waals surface area contributed by atoms with Crippen molar-refractivity contribution in [3.63, 3.8) is 0 Å². The third-order valence-electron chi connectivity index (χ3n) is 5.23. The Kier molecular flexibility index (Phi) is 5.84. The van der Waals surface area contributed by atoms with Crippen molar-refractivity contribution in [1.82, 2.24) is 19.9 Å². The van der Waals surface area contributed by atoms with E-state index >= 15 is 0 Å². The summed E-state index contributed by atoms with van der Waals surface area (Å²) in [5.41, 5.74) is 2.37. The molecule has 0 aliphatic carbocycles. The second-order valence-corrected chi connectivity index (χ2v) is 7.25. The van der Waals surface area contributed by atoms with E-state index in [-0.39, 0.29) is 17.9 Å². The summed E-state index contributed by atoms with van der Waals surface area (Å²) in [7, 11) is 0. The van der Waals surface area contributed by atoms with Gasteiger partial charge in [0.2, 0.25) is 5.91 Å². The van der Waals surface area contributed by atoms with E-state index in [4.69, 9.17) is 0 Å². The first-order valence-electron chi connectivity index (χ1n) is 10.1. The number of nitrogens with zero attached hydrogens (tertiary/aromatic N) is 4. The van der Waals surface area contributed by atoms with E-state index in [0.717, 1.165) is 42.7 Å². The van der Waals surface area contributed by atoms with Crippen LogP contribution in [0.5, 0.6) is 0 Å². The van der Waals surface area contributed by atoms with Crippen molar-refractivity contribution in [2.45, 2.75) is 32.2 Å². The molecule has 1 aliphatic rings. The lowest BCUT2D eigenvalue weighted by Crippen LogP contribution is -2.33. The van der Waals surface area contributed by atoms with E-state index in [1.165, 1.54) is 0 Å². The number of hydrogen-bond donors (Lipinski definition) is 1. The molecule has 3 aromatic rings. The van der Waals surface area contributed by atoms with Gasteiger partial charge in [0.15, 0.2) is 5.82 Å². The van der Waals surface area contributed by atoms with Gasteiger partial charge in [0.1, 0.15) is 0 Å². The first kappa shape index (κ1) is 19.1. The Morgan fingerprint density at radius 2 is 1.86 bits per heavy atom. The maximum atomic E-state index is 13.1. The smallest absolute Gasteiger partial charge is 0.294 e. The molecular formula is C22H25N5O2. The van der Waals surface area contributed by atoms with Crippen LogP contribution in [0, 0.1) is 0 Å². The SMILES string of the molecule is O=C(CCn1c(=O)c(N2CCCC2)nc2ccccc21)NCCc1ccccn1. The Labute approximate surface area is 169 Å². The summed E-state index contributed by atoms with van der Waals surface area (Å²) >= 11 is 0. The van der Waals surface area contributed by atoms with Crippen LogP contribution in [0.3, 0.4) is 0 Å². The zero-order chi connectivity index (χ0) is 20.1. The van der Waals surface area contributed by atoms with Crippen molar-refractivity contribution >= 4 is 22.8 Å². The van der Waals surface area contributed by atoms with Crippen molar-refractivity contribution in [2.75, 3.05) is 24.5 Å². The molecule has 0 bridgehead atoms. The molecule has 150 valence electrons. The quantitative estimate of drug-likeness (QED) is 0.667. The summed E-state index contributed by atoms with van der Waals surface area (Å²) in [4.78, 5) is 36.3. The monoisotopic (exact) mass is 391 g/mol. The molecule has 4 rings (SSSR count). The van der Waals surface area contributed by atoms with Crippen LogP contribution in [0.25, 0.3) is 11.0 Å². The summed E-state index contributed by atoms with van der Waals surface area (Å²) in [5.74, 6) is 0.424. The zero-order valence-electron chi connectivity index (χ0n) is 16.4. The van der Waals surface area contributed by atoms with Gasteiger partial charge in [-0.2, -0.15) is 0 Å². The summed E-state index contributed by atoms with van der Waals surface area (Å²) in [6.45, 7) is 2.57. The molecule has 0 unspecified atom stereocenters. The number of amides is 1. The van der Waals surface area contributed by atoms with Crippen molar-refractivity contribution in [2.24, 2.45) is 0 Å². The molecule has 0 radical (unpaired) electrons. The summed E-state index contributed by atoms with van der Waals surface area (Å²) < 4.78 is 1.69. The molecule has 3 heterocycles. The molecule has 7 nitrogen and oxygen atoms in total. The summed E-state index contributed by atoms with van der Waals surface area (Å²) in [5, 5.41) is 2.92. The van der Waals surface area contributed by atoms with E-state index in [2.05, 4.69) is 20.2 Å². The first-order chi connectivity index (χ1) is 14.2. The Morgan fingerprint density at radius 1 is 1.07 bits per heavy atom. The van der Waals surface area contributed by atoms with Crippen molar-refractivity contribution in [3.05, 3.63) is 64.7 Å². The topological polar surface area (TPSA) is 80.1 Å². The molecule has 1 N–H and O–H groups in total. The van der Waals surface area contributed by atoms with Crippen LogP contribution in [0.2, 0.25) is 0 Å². The highest BCUT2D eigenvalue weighted by molar-refractivity contribution is 5.78. The molecule has 0 atom stereocenters. The molecule has 1 aliphatic heterocycles. The normalized spacial score (nSPS) is 13.7. The summed E-state index contributed by atoms with van der Waals surface area (Å²) in [6.07, 6.45) is 4.83. The van der Waals surface area contributed by atoms with Gasteiger partial charge in [0.25, 0.3) is 5.56 Å². The number of hydrogen-bond acceptors (Lipinski definition) is 5. The van der Waals surface area contributed by atoms with Crippen molar-refractivity contribution in [1.29, 1.82) is 0 Å². The number of aromatic nitrogens is 3. The third-order valence-corrected chi connectivity index (χ3v) is 5.23. The molecule has 7 heteroatoms. The standard InChI is InChI=1S/C22H25N5O2/c28-20(24-13-10-17-7-3-4-12-23-17)11-16-27-19-9-2-1-8-18(19)25-21(22(27)29)26-14-5-6-15-26/h1-4,7-9,12H,5-6,10-11,13-16H2,(H,24,28). The molecule has 1 amide bonds. The van der Waals surface area contributed by atoms with Gasteiger partial charge in [-0.25, -0.2) is 4.98 Å². The van der Waals surface area contributed by atoms with Crippen LogP contribution in [0.1, 0.15) is 25.0 Å². The van der Waals surface area contributed by atoms with Gasteiger partial charge in [-0.05, 0) is 37.1 Å².